The topological polar surface area (TPSA) is 41.9 Å². The summed E-state index contributed by atoms with van der Waals surface area (Å²) in [4.78, 5) is 2.44. The van der Waals surface area contributed by atoms with Gasteiger partial charge >= 0.3 is 0 Å². The molecule has 0 saturated carbocycles. The minimum absolute atomic E-state index is 0. The van der Waals surface area contributed by atoms with Crippen molar-refractivity contribution in [3.05, 3.63) is 65.7 Å². The molecule has 32 heavy (non-hydrogen) atoms. The van der Waals surface area contributed by atoms with E-state index < -0.39 is 5.60 Å². The van der Waals surface area contributed by atoms with Crippen LogP contribution in [0.5, 0.6) is 5.75 Å². The van der Waals surface area contributed by atoms with Gasteiger partial charge in [-0.15, -0.1) is 12.4 Å². The fraction of sp³-hybridized carbons (Fsp3) is 0.556. The highest BCUT2D eigenvalue weighted by atomic mass is 35.5. The van der Waals surface area contributed by atoms with Crippen LogP contribution in [-0.2, 0) is 10.3 Å². The van der Waals surface area contributed by atoms with Gasteiger partial charge in [-0.2, -0.15) is 0 Å². The number of unbranched alkanes of at least 4 members (excludes halogenated alkanes) is 3. The molecule has 0 radical (unpaired) electrons. The molecule has 2 aromatic rings. The molecule has 5 heteroatoms. The Balaban J connectivity index is 0.00000363. The van der Waals surface area contributed by atoms with E-state index in [4.69, 9.17) is 9.47 Å². The first-order valence-electron chi connectivity index (χ1n) is 12.0. The van der Waals surface area contributed by atoms with Gasteiger partial charge in [0.2, 0.25) is 0 Å². The molecule has 1 fully saturated rings. The molecule has 3 rings (SSSR count). The van der Waals surface area contributed by atoms with E-state index in [1.165, 1.54) is 18.4 Å². The van der Waals surface area contributed by atoms with Crippen LogP contribution in [0.2, 0.25) is 0 Å². The van der Waals surface area contributed by atoms with Crippen LogP contribution in [-0.4, -0.2) is 49.5 Å². The summed E-state index contributed by atoms with van der Waals surface area (Å²) in [6.45, 7) is 9.04. The summed E-state index contributed by atoms with van der Waals surface area (Å²) in [5.41, 5.74) is 1.24. The average Bonchev–Trinajstić information content (AvgIpc) is 2.82. The van der Waals surface area contributed by atoms with Gasteiger partial charge in [0.25, 0.3) is 0 Å². The lowest BCUT2D eigenvalue weighted by Crippen LogP contribution is -2.45. The van der Waals surface area contributed by atoms with Gasteiger partial charge in [0.15, 0.2) is 0 Å². The lowest BCUT2D eigenvalue weighted by Gasteiger charge is -2.41. The van der Waals surface area contributed by atoms with E-state index in [1.54, 1.807) is 0 Å². The second-order valence-corrected chi connectivity index (χ2v) is 8.57. The van der Waals surface area contributed by atoms with Crippen LogP contribution in [0.15, 0.2) is 54.6 Å². The smallest absolute Gasteiger partial charge is 0.119 e. The second-order valence-electron chi connectivity index (χ2n) is 8.57. The molecule has 0 bridgehead atoms. The predicted octanol–water partition coefficient (Wildman–Crippen LogP) is 5.78. The maximum Gasteiger partial charge on any atom is 0.119 e. The normalized spacial score (nSPS) is 17.2. The minimum atomic E-state index is -0.932. The highest BCUT2D eigenvalue weighted by Gasteiger charge is 2.40. The number of morpholine rings is 1. The van der Waals surface area contributed by atoms with Crippen molar-refractivity contribution in [2.45, 2.75) is 57.5 Å². The number of aliphatic hydroxyl groups is 1. The third kappa shape index (κ3) is 7.21. The summed E-state index contributed by atoms with van der Waals surface area (Å²) < 4.78 is 11.2. The monoisotopic (exact) mass is 461 g/mol. The lowest BCUT2D eigenvalue weighted by atomic mass is 9.74. The van der Waals surface area contributed by atoms with Gasteiger partial charge in [-0.25, -0.2) is 0 Å². The van der Waals surface area contributed by atoms with Crippen molar-refractivity contribution >= 4 is 12.4 Å². The highest BCUT2D eigenvalue weighted by Crippen LogP contribution is 2.42. The molecule has 1 aliphatic heterocycles. The molecule has 0 aromatic heterocycles. The first-order valence-corrected chi connectivity index (χ1v) is 12.0. The molecule has 2 unspecified atom stereocenters. The zero-order valence-electron chi connectivity index (χ0n) is 19.7. The number of hydrogen-bond acceptors (Lipinski definition) is 4. The van der Waals surface area contributed by atoms with Crippen LogP contribution >= 0.6 is 12.4 Å². The van der Waals surface area contributed by atoms with Crippen molar-refractivity contribution in [2.24, 2.45) is 0 Å². The van der Waals surface area contributed by atoms with E-state index in [9.17, 15) is 5.11 Å². The Labute approximate surface area is 200 Å². The molecule has 2 aromatic carbocycles. The molecule has 178 valence electrons. The minimum Gasteiger partial charge on any atom is -0.494 e. The zero-order chi connectivity index (χ0) is 21.9. The van der Waals surface area contributed by atoms with E-state index in [0.717, 1.165) is 63.4 Å². The Morgan fingerprint density at radius 3 is 2.28 bits per heavy atom. The maximum atomic E-state index is 12.3. The summed E-state index contributed by atoms with van der Waals surface area (Å²) in [7, 11) is 0. The van der Waals surface area contributed by atoms with Crippen LogP contribution in [0.3, 0.4) is 0 Å². The van der Waals surface area contributed by atoms with Gasteiger partial charge in [0, 0.05) is 25.6 Å². The number of hydrogen-bond donors (Lipinski definition) is 1. The Morgan fingerprint density at radius 2 is 1.66 bits per heavy atom. The largest absolute Gasteiger partial charge is 0.494 e. The Hall–Kier alpha value is -1.59. The molecular weight excluding hydrogens is 422 g/mol. The molecule has 4 nitrogen and oxygen atoms in total. The van der Waals surface area contributed by atoms with Crippen molar-refractivity contribution in [3.63, 3.8) is 0 Å². The lowest BCUT2D eigenvalue weighted by molar-refractivity contribution is -0.0296. The molecular formula is C27H40ClNO3. The first kappa shape index (κ1) is 26.7. The molecule has 2 atom stereocenters. The Morgan fingerprint density at radius 1 is 0.969 bits per heavy atom. The van der Waals surface area contributed by atoms with Gasteiger partial charge in [-0.1, -0.05) is 75.1 Å². The number of nitrogens with zero attached hydrogens (tertiary/aromatic N) is 1. The van der Waals surface area contributed by atoms with Crippen molar-refractivity contribution in [1.29, 1.82) is 0 Å². The van der Waals surface area contributed by atoms with E-state index in [-0.39, 0.29) is 18.3 Å². The first-order chi connectivity index (χ1) is 15.2. The van der Waals surface area contributed by atoms with Gasteiger partial charge in [-0.3, -0.25) is 4.90 Å². The summed E-state index contributed by atoms with van der Waals surface area (Å²) in [6, 6.07) is 18.6. The molecule has 0 amide bonds. The van der Waals surface area contributed by atoms with Crippen molar-refractivity contribution in [1.82, 2.24) is 4.90 Å². The molecule has 1 N–H and O–H groups in total. The van der Waals surface area contributed by atoms with E-state index in [2.05, 4.69) is 48.2 Å². The fourth-order valence-corrected chi connectivity index (χ4v) is 4.61. The van der Waals surface area contributed by atoms with Gasteiger partial charge in [-0.05, 0) is 36.6 Å². The van der Waals surface area contributed by atoms with Gasteiger partial charge < -0.3 is 14.6 Å². The van der Waals surface area contributed by atoms with E-state index in [1.807, 2.05) is 25.1 Å². The summed E-state index contributed by atoms with van der Waals surface area (Å²) in [5.74, 6) is 0.843. The number of benzene rings is 2. The molecule has 1 saturated heterocycles. The van der Waals surface area contributed by atoms with Crippen molar-refractivity contribution in [3.8, 4) is 5.75 Å². The van der Waals surface area contributed by atoms with Crippen molar-refractivity contribution in [2.75, 3.05) is 39.5 Å². The summed E-state index contributed by atoms with van der Waals surface area (Å²) >= 11 is 0. The summed E-state index contributed by atoms with van der Waals surface area (Å²) in [5, 5.41) is 12.3. The SMILES string of the molecule is CCCCCCC(O)(c1ccc(OCC)cc1)C(CN1CCOCC1)c1ccccc1.Cl. The summed E-state index contributed by atoms with van der Waals surface area (Å²) in [6.07, 6.45) is 5.32. The standard InChI is InChI=1S/C27H39NO3.ClH/c1-3-5-6-10-17-27(29,24-13-15-25(16-14-24)31-4-2)26(23-11-8-7-9-12-23)22-28-18-20-30-21-19-28;/h7-9,11-16,26,29H,3-6,10,17-22H2,1-2H3;1H. The second kappa shape index (κ2) is 13.8. The van der Waals surface area contributed by atoms with Gasteiger partial charge in [0.05, 0.1) is 25.4 Å². The van der Waals surface area contributed by atoms with Crippen LogP contribution in [0.4, 0.5) is 0 Å². The number of ether oxygens (including phenoxy) is 2. The Kier molecular flexibility index (Phi) is 11.5. The molecule has 0 spiro atoms. The Bertz CT molecular complexity index is 749. The van der Waals surface area contributed by atoms with Crippen LogP contribution < -0.4 is 4.74 Å². The third-order valence-electron chi connectivity index (χ3n) is 6.40. The average molecular weight is 462 g/mol. The van der Waals surface area contributed by atoms with Crippen LogP contribution in [0.25, 0.3) is 0 Å². The van der Waals surface area contributed by atoms with E-state index in [0.29, 0.717) is 6.61 Å². The van der Waals surface area contributed by atoms with Gasteiger partial charge in [0.1, 0.15) is 5.75 Å². The third-order valence-corrected chi connectivity index (χ3v) is 6.40. The number of rotatable bonds is 12. The van der Waals surface area contributed by atoms with Crippen LogP contribution in [0.1, 0.15) is 63.0 Å². The predicted molar refractivity (Wildman–Crippen MR) is 134 cm³/mol. The quantitative estimate of drug-likeness (QED) is 0.407. The zero-order valence-corrected chi connectivity index (χ0v) is 20.5. The molecule has 1 heterocycles. The molecule has 0 aliphatic carbocycles. The van der Waals surface area contributed by atoms with E-state index >= 15 is 0 Å². The molecule has 1 aliphatic rings. The number of halogens is 1. The van der Waals surface area contributed by atoms with Crippen LogP contribution in [0, 0.1) is 0 Å². The fourth-order valence-electron chi connectivity index (χ4n) is 4.61. The maximum absolute atomic E-state index is 12.3. The van der Waals surface area contributed by atoms with Crippen molar-refractivity contribution < 1.29 is 14.6 Å². The highest BCUT2D eigenvalue weighted by molar-refractivity contribution is 5.85.